The third-order valence-corrected chi connectivity index (χ3v) is 3.78. The zero-order valence-electron chi connectivity index (χ0n) is 12.2. The molecule has 0 aromatic heterocycles. The maximum Gasteiger partial charge on any atom is 0.241 e. The number of hydrogen-bond acceptors (Lipinski definition) is 4. The van der Waals surface area contributed by atoms with Crippen LogP contribution < -0.4 is 5.32 Å². The monoisotopic (exact) mass is 270 g/mol. The van der Waals surface area contributed by atoms with E-state index in [1.807, 2.05) is 4.90 Å². The minimum Gasteiger partial charge on any atom is -0.376 e. The highest BCUT2D eigenvalue weighted by Gasteiger charge is 2.40. The lowest BCUT2D eigenvalue weighted by molar-refractivity contribution is -0.138. The van der Waals surface area contributed by atoms with Crippen molar-refractivity contribution in [3.05, 3.63) is 0 Å². The molecule has 0 bridgehead atoms. The molecule has 19 heavy (non-hydrogen) atoms. The highest BCUT2D eigenvalue weighted by Crippen LogP contribution is 2.21. The fourth-order valence-corrected chi connectivity index (χ4v) is 2.82. The molecular weight excluding hydrogens is 244 g/mol. The summed E-state index contributed by atoms with van der Waals surface area (Å²) in [6, 6.07) is -0.0260. The Morgan fingerprint density at radius 2 is 2.21 bits per heavy atom. The van der Waals surface area contributed by atoms with Crippen LogP contribution in [0.3, 0.4) is 0 Å². The molecule has 5 heteroatoms. The Hall–Kier alpha value is -0.650. The van der Waals surface area contributed by atoms with Crippen LogP contribution in [0.1, 0.15) is 33.6 Å². The zero-order chi connectivity index (χ0) is 13.8. The number of carbonyl (C=O) groups is 1. The van der Waals surface area contributed by atoms with Gasteiger partial charge in [0.1, 0.15) is 0 Å². The maximum atomic E-state index is 12.5. The molecule has 2 fully saturated rings. The molecule has 0 aromatic carbocycles. The molecule has 3 atom stereocenters. The van der Waals surface area contributed by atoms with E-state index in [1.165, 1.54) is 0 Å². The highest BCUT2D eigenvalue weighted by atomic mass is 16.6. The Morgan fingerprint density at radius 1 is 1.42 bits per heavy atom. The minimum atomic E-state index is -0.0260. The normalized spacial score (nSPS) is 32.3. The summed E-state index contributed by atoms with van der Waals surface area (Å²) in [4.78, 5) is 14.4. The first kappa shape index (κ1) is 14.8. The third kappa shape index (κ3) is 3.46. The largest absolute Gasteiger partial charge is 0.376 e. The molecule has 1 amide bonds. The van der Waals surface area contributed by atoms with Crippen molar-refractivity contribution in [1.29, 1.82) is 0 Å². The van der Waals surface area contributed by atoms with Crippen molar-refractivity contribution in [3.63, 3.8) is 0 Å². The summed E-state index contributed by atoms with van der Waals surface area (Å²) in [5.74, 6) is 0.616. The standard InChI is InChI=1S/C14H26N2O3/c1-4-5-12-14(17)16(13(15-12)10(2)3)8-11-9-18-6-7-19-11/h10-13,15H,4-9H2,1-3H3. The first-order chi connectivity index (χ1) is 9.13. The summed E-state index contributed by atoms with van der Waals surface area (Å²) in [6.07, 6.45) is 2.06. The van der Waals surface area contributed by atoms with Gasteiger partial charge in [-0.2, -0.15) is 0 Å². The predicted octanol–water partition coefficient (Wildman–Crippen LogP) is 0.984. The van der Waals surface area contributed by atoms with Gasteiger partial charge in [-0.05, 0) is 12.3 Å². The average molecular weight is 270 g/mol. The summed E-state index contributed by atoms with van der Waals surface area (Å²) in [6.45, 7) is 8.91. The van der Waals surface area contributed by atoms with Crippen LogP contribution in [0.15, 0.2) is 0 Å². The number of ether oxygens (including phenoxy) is 2. The Balaban J connectivity index is 1.99. The molecule has 0 aliphatic carbocycles. The smallest absolute Gasteiger partial charge is 0.241 e. The highest BCUT2D eigenvalue weighted by molar-refractivity contribution is 5.84. The number of nitrogens with one attached hydrogen (secondary N) is 1. The SMILES string of the molecule is CCCC1NC(C(C)C)N(CC2COCCO2)C1=O. The van der Waals surface area contributed by atoms with E-state index in [4.69, 9.17) is 9.47 Å². The molecule has 2 heterocycles. The molecular formula is C14H26N2O3. The molecule has 0 spiro atoms. The third-order valence-electron chi connectivity index (χ3n) is 3.78. The van der Waals surface area contributed by atoms with E-state index in [9.17, 15) is 4.79 Å². The molecule has 0 aromatic rings. The van der Waals surface area contributed by atoms with Crippen LogP contribution >= 0.6 is 0 Å². The number of amides is 1. The van der Waals surface area contributed by atoms with Crippen LogP contribution in [0.4, 0.5) is 0 Å². The summed E-state index contributed by atoms with van der Waals surface area (Å²) < 4.78 is 11.1. The van der Waals surface area contributed by atoms with E-state index in [-0.39, 0.29) is 24.2 Å². The van der Waals surface area contributed by atoms with Crippen molar-refractivity contribution in [3.8, 4) is 0 Å². The van der Waals surface area contributed by atoms with Gasteiger partial charge in [-0.25, -0.2) is 0 Å². The number of rotatable bonds is 5. The van der Waals surface area contributed by atoms with Crippen LogP contribution in [0, 0.1) is 5.92 Å². The van der Waals surface area contributed by atoms with Crippen LogP contribution in [-0.2, 0) is 14.3 Å². The lowest BCUT2D eigenvalue weighted by atomic mass is 10.1. The topological polar surface area (TPSA) is 50.8 Å². The van der Waals surface area contributed by atoms with Crippen molar-refractivity contribution in [2.24, 2.45) is 5.92 Å². The maximum absolute atomic E-state index is 12.5. The fraction of sp³-hybridized carbons (Fsp3) is 0.929. The molecule has 3 unspecified atom stereocenters. The summed E-state index contributed by atoms with van der Waals surface area (Å²) in [7, 11) is 0. The van der Waals surface area contributed by atoms with E-state index < -0.39 is 0 Å². The number of carbonyl (C=O) groups excluding carboxylic acids is 1. The van der Waals surface area contributed by atoms with E-state index in [0.717, 1.165) is 12.8 Å². The first-order valence-corrected chi connectivity index (χ1v) is 7.39. The van der Waals surface area contributed by atoms with Gasteiger partial charge in [-0.3, -0.25) is 10.1 Å². The van der Waals surface area contributed by atoms with Gasteiger partial charge < -0.3 is 14.4 Å². The predicted molar refractivity (Wildman–Crippen MR) is 72.7 cm³/mol. The molecule has 0 radical (unpaired) electrons. The summed E-state index contributed by atoms with van der Waals surface area (Å²) >= 11 is 0. The van der Waals surface area contributed by atoms with Crippen LogP contribution in [0.5, 0.6) is 0 Å². The first-order valence-electron chi connectivity index (χ1n) is 7.39. The number of hydrogen-bond donors (Lipinski definition) is 1. The second-order valence-corrected chi connectivity index (χ2v) is 5.76. The minimum absolute atomic E-state index is 0.0149. The van der Waals surface area contributed by atoms with Gasteiger partial charge in [0.2, 0.25) is 5.91 Å². The van der Waals surface area contributed by atoms with Crippen molar-refractivity contribution < 1.29 is 14.3 Å². The fourth-order valence-electron chi connectivity index (χ4n) is 2.82. The van der Waals surface area contributed by atoms with Crippen molar-refractivity contribution in [1.82, 2.24) is 10.2 Å². The Kier molecular flexibility index (Phi) is 5.19. The summed E-state index contributed by atoms with van der Waals surface area (Å²) in [5.41, 5.74) is 0. The van der Waals surface area contributed by atoms with E-state index in [0.29, 0.717) is 32.3 Å². The van der Waals surface area contributed by atoms with E-state index in [1.54, 1.807) is 0 Å². The lowest BCUT2D eigenvalue weighted by Crippen LogP contribution is -2.47. The Labute approximate surface area is 115 Å². The lowest BCUT2D eigenvalue weighted by Gasteiger charge is -2.32. The number of nitrogens with zero attached hydrogens (tertiary/aromatic N) is 1. The van der Waals surface area contributed by atoms with Crippen LogP contribution in [-0.4, -0.2) is 55.5 Å². The van der Waals surface area contributed by atoms with Crippen molar-refractivity contribution >= 4 is 5.91 Å². The second-order valence-electron chi connectivity index (χ2n) is 5.76. The molecule has 2 rings (SSSR count). The Bertz CT molecular complexity index is 303. The van der Waals surface area contributed by atoms with Gasteiger partial charge in [0.05, 0.1) is 44.7 Å². The second kappa shape index (κ2) is 6.68. The van der Waals surface area contributed by atoms with Crippen molar-refractivity contribution in [2.45, 2.75) is 51.9 Å². The van der Waals surface area contributed by atoms with E-state index >= 15 is 0 Å². The van der Waals surface area contributed by atoms with Crippen LogP contribution in [0.2, 0.25) is 0 Å². The Morgan fingerprint density at radius 3 is 2.79 bits per heavy atom. The van der Waals surface area contributed by atoms with Gasteiger partial charge in [0, 0.05) is 0 Å². The van der Waals surface area contributed by atoms with Gasteiger partial charge in [0.25, 0.3) is 0 Å². The zero-order valence-corrected chi connectivity index (χ0v) is 12.2. The molecule has 1 N–H and O–H groups in total. The van der Waals surface area contributed by atoms with Gasteiger partial charge in [-0.1, -0.05) is 27.2 Å². The van der Waals surface area contributed by atoms with Crippen LogP contribution in [0.25, 0.3) is 0 Å². The average Bonchev–Trinajstić information content (AvgIpc) is 2.70. The molecule has 2 aliphatic rings. The quantitative estimate of drug-likeness (QED) is 0.809. The molecule has 5 nitrogen and oxygen atoms in total. The molecule has 2 aliphatic heterocycles. The summed E-state index contributed by atoms with van der Waals surface area (Å²) in [5, 5.41) is 3.46. The van der Waals surface area contributed by atoms with Gasteiger partial charge >= 0.3 is 0 Å². The van der Waals surface area contributed by atoms with Gasteiger partial charge in [-0.15, -0.1) is 0 Å². The van der Waals surface area contributed by atoms with Gasteiger partial charge in [0.15, 0.2) is 0 Å². The van der Waals surface area contributed by atoms with Crippen molar-refractivity contribution in [2.75, 3.05) is 26.4 Å². The molecule has 0 saturated carbocycles. The van der Waals surface area contributed by atoms with E-state index in [2.05, 4.69) is 26.1 Å². The molecule has 110 valence electrons. The molecule has 2 saturated heterocycles.